The fourth-order valence-electron chi connectivity index (χ4n) is 2.62. The molecular weight excluding hydrogens is 230 g/mol. The van der Waals surface area contributed by atoms with E-state index in [-0.39, 0.29) is 11.5 Å². The van der Waals surface area contributed by atoms with Gasteiger partial charge in [-0.25, -0.2) is 0 Å². The van der Waals surface area contributed by atoms with Crippen LogP contribution in [0.15, 0.2) is 0 Å². The molecule has 1 saturated carbocycles. The zero-order chi connectivity index (χ0) is 13.8. The number of amides is 1. The molecule has 1 fully saturated rings. The highest BCUT2D eigenvalue weighted by Crippen LogP contribution is 2.37. The molecule has 0 saturated heterocycles. The predicted octanol–water partition coefficient (Wildman–Crippen LogP) is 1.86. The monoisotopic (exact) mass is 257 g/mol. The van der Waals surface area contributed by atoms with Crippen molar-refractivity contribution >= 4 is 5.91 Å². The summed E-state index contributed by atoms with van der Waals surface area (Å²) in [5, 5.41) is 12.9. The van der Waals surface area contributed by atoms with Gasteiger partial charge in [0.1, 0.15) is 0 Å². The smallest absolute Gasteiger partial charge is 0.223 e. The number of hydrogen-bond acceptors (Lipinski definition) is 3. The standard InChI is InChI=1S/C14H27NO3/c1-11(2)8-13(3,17)10-15-12(16)9-14(18-4)6-5-7-14/h11,17H,5-10H2,1-4H3,(H,15,16). The first-order valence-corrected chi connectivity index (χ1v) is 6.83. The van der Waals surface area contributed by atoms with Crippen LogP contribution in [0, 0.1) is 5.92 Å². The average molecular weight is 257 g/mol. The Hall–Kier alpha value is -0.610. The van der Waals surface area contributed by atoms with Crippen molar-refractivity contribution in [2.75, 3.05) is 13.7 Å². The number of methoxy groups -OCH3 is 1. The van der Waals surface area contributed by atoms with Crippen LogP contribution in [0.4, 0.5) is 0 Å². The first kappa shape index (κ1) is 15.4. The van der Waals surface area contributed by atoms with Crippen molar-refractivity contribution in [1.29, 1.82) is 0 Å². The molecule has 106 valence electrons. The minimum Gasteiger partial charge on any atom is -0.388 e. The van der Waals surface area contributed by atoms with Crippen molar-refractivity contribution in [3.63, 3.8) is 0 Å². The molecule has 4 nitrogen and oxygen atoms in total. The number of rotatable bonds is 7. The van der Waals surface area contributed by atoms with E-state index in [4.69, 9.17) is 4.74 Å². The Bertz CT molecular complexity index is 277. The summed E-state index contributed by atoms with van der Waals surface area (Å²) in [7, 11) is 1.67. The Morgan fingerprint density at radius 3 is 2.50 bits per heavy atom. The number of carbonyl (C=O) groups is 1. The summed E-state index contributed by atoms with van der Waals surface area (Å²) in [6, 6.07) is 0. The second-order valence-corrected chi connectivity index (χ2v) is 6.29. The molecule has 0 aromatic heterocycles. The van der Waals surface area contributed by atoms with E-state index in [9.17, 15) is 9.90 Å². The third-order valence-electron chi connectivity index (χ3n) is 3.69. The SMILES string of the molecule is COC1(CC(=O)NCC(C)(O)CC(C)C)CCC1. The fourth-order valence-corrected chi connectivity index (χ4v) is 2.62. The fraction of sp³-hybridized carbons (Fsp3) is 0.929. The summed E-state index contributed by atoms with van der Waals surface area (Å²) in [5.74, 6) is 0.384. The first-order chi connectivity index (χ1) is 8.29. The zero-order valence-electron chi connectivity index (χ0n) is 12.1. The zero-order valence-corrected chi connectivity index (χ0v) is 12.1. The van der Waals surface area contributed by atoms with Crippen LogP contribution in [-0.4, -0.2) is 35.9 Å². The molecule has 2 N–H and O–H groups in total. The van der Waals surface area contributed by atoms with Gasteiger partial charge in [0.15, 0.2) is 0 Å². The highest BCUT2D eigenvalue weighted by Gasteiger charge is 2.39. The van der Waals surface area contributed by atoms with E-state index in [0.717, 1.165) is 19.3 Å². The van der Waals surface area contributed by atoms with Gasteiger partial charge in [0.05, 0.1) is 17.6 Å². The number of ether oxygens (including phenoxy) is 1. The van der Waals surface area contributed by atoms with E-state index in [1.165, 1.54) is 0 Å². The lowest BCUT2D eigenvalue weighted by Gasteiger charge is -2.40. The Kier molecular flexibility index (Phi) is 5.17. The molecule has 0 aromatic rings. The van der Waals surface area contributed by atoms with Gasteiger partial charge >= 0.3 is 0 Å². The number of hydrogen-bond donors (Lipinski definition) is 2. The molecule has 1 unspecified atom stereocenters. The van der Waals surface area contributed by atoms with E-state index in [1.54, 1.807) is 14.0 Å². The quantitative estimate of drug-likeness (QED) is 0.732. The second kappa shape index (κ2) is 6.02. The van der Waals surface area contributed by atoms with Crippen molar-refractivity contribution in [2.45, 2.75) is 64.1 Å². The Morgan fingerprint density at radius 1 is 1.50 bits per heavy atom. The van der Waals surface area contributed by atoms with Gasteiger partial charge in [-0.1, -0.05) is 13.8 Å². The van der Waals surface area contributed by atoms with E-state index < -0.39 is 5.60 Å². The molecule has 1 atom stereocenters. The van der Waals surface area contributed by atoms with Gasteiger partial charge in [0.25, 0.3) is 0 Å². The van der Waals surface area contributed by atoms with Gasteiger partial charge in [-0.15, -0.1) is 0 Å². The lowest BCUT2D eigenvalue weighted by atomic mass is 9.77. The summed E-state index contributed by atoms with van der Waals surface area (Å²) >= 11 is 0. The van der Waals surface area contributed by atoms with E-state index >= 15 is 0 Å². The Morgan fingerprint density at radius 2 is 2.11 bits per heavy atom. The molecule has 4 heteroatoms. The minimum atomic E-state index is -0.830. The van der Waals surface area contributed by atoms with Crippen molar-refractivity contribution in [1.82, 2.24) is 5.32 Å². The van der Waals surface area contributed by atoms with Crippen molar-refractivity contribution < 1.29 is 14.6 Å². The van der Waals surface area contributed by atoms with E-state index in [1.807, 2.05) is 0 Å². The molecule has 0 bridgehead atoms. The van der Waals surface area contributed by atoms with Crippen molar-refractivity contribution in [3.05, 3.63) is 0 Å². The van der Waals surface area contributed by atoms with Crippen LogP contribution in [0.5, 0.6) is 0 Å². The Labute approximate surface area is 110 Å². The van der Waals surface area contributed by atoms with Gasteiger partial charge in [0, 0.05) is 13.7 Å². The van der Waals surface area contributed by atoms with Crippen LogP contribution >= 0.6 is 0 Å². The molecule has 0 aromatic carbocycles. The third-order valence-corrected chi connectivity index (χ3v) is 3.69. The normalized spacial score (nSPS) is 21.2. The van der Waals surface area contributed by atoms with Crippen LogP contribution in [0.1, 0.15) is 52.9 Å². The Balaban J connectivity index is 2.32. The molecule has 0 spiro atoms. The summed E-state index contributed by atoms with van der Waals surface area (Å²) < 4.78 is 5.42. The molecule has 1 aliphatic carbocycles. The number of aliphatic hydroxyl groups is 1. The molecule has 18 heavy (non-hydrogen) atoms. The third kappa shape index (κ3) is 4.58. The summed E-state index contributed by atoms with van der Waals surface area (Å²) in [4.78, 5) is 11.8. The van der Waals surface area contributed by atoms with Crippen LogP contribution in [-0.2, 0) is 9.53 Å². The highest BCUT2D eigenvalue weighted by molar-refractivity contribution is 5.77. The van der Waals surface area contributed by atoms with Crippen LogP contribution in [0.3, 0.4) is 0 Å². The van der Waals surface area contributed by atoms with Crippen LogP contribution in [0.2, 0.25) is 0 Å². The highest BCUT2D eigenvalue weighted by atomic mass is 16.5. The molecule has 0 heterocycles. The maximum atomic E-state index is 11.8. The van der Waals surface area contributed by atoms with Crippen molar-refractivity contribution in [2.24, 2.45) is 5.92 Å². The molecule has 1 amide bonds. The molecular formula is C14H27NO3. The summed E-state index contributed by atoms with van der Waals surface area (Å²) in [6.45, 7) is 6.20. The second-order valence-electron chi connectivity index (χ2n) is 6.29. The summed E-state index contributed by atoms with van der Waals surface area (Å²) in [5.41, 5.74) is -1.07. The molecule has 1 rings (SSSR count). The lowest BCUT2D eigenvalue weighted by Crippen LogP contribution is -2.47. The number of nitrogens with one attached hydrogen (secondary N) is 1. The van der Waals surface area contributed by atoms with Gasteiger partial charge in [-0.05, 0) is 38.5 Å². The maximum absolute atomic E-state index is 11.8. The molecule has 0 radical (unpaired) electrons. The van der Waals surface area contributed by atoms with Gasteiger partial charge in [0.2, 0.25) is 5.91 Å². The van der Waals surface area contributed by atoms with Crippen LogP contribution < -0.4 is 5.32 Å². The van der Waals surface area contributed by atoms with Gasteiger partial charge in [-0.2, -0.15) is 0 Å². The van der Waals surface area contributed by atoms with Gasteiger partial charge in [-0.3, -0.25) is 4.79 Å². The van der Waals surface area contributed by atoms with Gasteiger partial charge < -0.3 is 15.2 Å². The van der Waals surface area contributed by atoms with E-state index in [0.29, 0.717) is 25.3 Å². The predicted molar refractivity (Wildman–Crippen MR) is 71.3 cm³/mol. The molecule has 0 aliphatic heterocycles. The van der Waals surface area contributed by atoms with Crippen LogP contribution in [0.25, 0.3) is 0 Å². The topological polar surface area (TPSA) is 58.6 Å². The first-order valence-electron chi connectivity index (χ1n) is 6.83. The van der Waals surface area contributed by atoms with E-state index in [2.05, 4.69) is 19.2 Å². The minimum absolute atomic E-state index is 0.0272. The maximum Gasteiger partial charge on any atom is 0.223 e. The lowest BCUT2D eigenvalue weighted by molar-refractivity contribution is -0.135. The average Bonchev–Trinajstić information content (AvgIpc) is 2.19. The molecule has 1 aliphatic rings. The number of carbonyl (C=O) groups excluding carboxylic acids is 1. The summed E-state index contributed by atoms with van der Waals surface area (Å²) in [6.07, 6.45) is 4.13. The van der Waals surface area contributed by atoms with Crippen molar-refractivity contribution in [3.8, 4) is 0 Å². The largest absolute Gasteiger partial charge is 0.388 e.